The predicted octanol–water partition coefficient (Wildman–Crippen LogP) is 6.14. The van der Waals surface area contributed by atoms with Crippen molar-refractivity contribution in [2.24, 2.45) is 22.7 Å². The van der Waals surface area contributed by atoms with E-state index in [1.165, 1.54) is 16.9 Å². The molecule has 358 valence electrons. The number of hydrogen-bond donors (Lipinski definition) is 3. The highest BCUT2D eigenvalue weighted by Crippen LogP contribution is 2.61. The minimum Gasteiger partial charge on any atom is -0.483 e. The second-order valence-electron chi connectivity index (χ2n) is 23.4. The van der Waals surface area contributed by atoms with E-state index in [4.69, 9.17) is 9.47 Å². The van der Waals surface area contributed by atoms with Crippen LogP contribution < -0.4 is 20.1 Å². The molecule has 4 amide bonds. The fourth-order valence-electron chi connectivity index (χ4n) is 14.6. The summed E-state index contributed by atoms with van der Waals surface area (Å²) in [4.78, 5) is 83.5. The zero-order valence-electron chi connectivity index (χ0n) is 40.2. The van der Waals surface area contributed by atoms with E-state index in [1.807, 2.05) is 63.0 Å². The quantitative estimate of drug-likeness (QED) is 0.136. The molecular formula is C53H57N6O10+. The summed E-state index contributed by atoms with van der Waals surface area (Å²) in [6.45, 7) is 16.6. The molecule has 11 aliphatic heterocycles. The Bertz CT molecular complexity index is 3050. The maximum Gasteiger partial charge on any atom is 0.288 e. The van der Waals surface area contributed by atoms with Crippen molar-refractivity contribution >= 4 is 64.2 Å². The molecule has 4 unspecified atom stereocenters. The van der Waals surface area contributed by atoms with E-state index in [-0.39, 0.29) is 57.7 Å². The first-order chi connectivity index (χ1) is 32.3. The number of benzene rings is 2. The summed E-state index contributed by atoms with van der Waals surface area (Å²) in [6.07, 6.45) is 15.4. The third kappa shape index (κ3) is 5.35. The van der Waals surface area contributed by atoms with Crippen molar-refractivity contribution in [1.29, 1.82) is 0 Å². The van der Waals surface area contributed by atoms with Crippen LogP contribution in [0.5, 0.6) is 11.5 Å². The van der Waals surface area contributed by atoms with Crippen molar-refractivity contribution in [1.82, 2.24) is 20.4 Å². The van der Waals surface area contributed by atoms with Crippen molar-refractivity contribution in [3.63, 3.8) is 0 Å². The number of ketones is 1. The maximum absolute atomic E-state index is 13.9. The molecule has 2 aromatic carbocycles. The van der Waals surface area contributed by atoms with E-state index < -0.39 is 55.0 Å². The molecule has 0 aromatic heterocycles. The molecule has 8 fully saturated rings. The number of nitro benzene ring substituents is 1. The van der Waals surface area contributed by atoms with Gasteiger partial charge in [0.1, 0.15) is 44.9 Å². The van der Waals surface area contributed by atoms with Gasteiger partial charge in [0, 0.05) is 58.2 Å². The zero-order valence-corrected chi connectivity index (χ0v) is 40.2. The lowest BCUT2D eigenvalue weighted by atomic mass is 9.51. The van der Waals surface area contributed by atoms with E-state index in [0.717, 1.165) is 46.7 Å². The van der Waals surface area contributed by atoms with Gasteiger partial charge in [-0.2, -0.15) is 0 Å². The molecule has 6 atom stereocenters. The van der Waals surface area contributed by atoms with Gasteiger partial charge < -0.3 is 29.9 Å². The fraction of sp³-hybridized carbons (Fsp3) is 0.509. The van der Waals surface area contributed by atoms with E-state index in [2.05, 4.69) is 24.5 Å². The van der Waals surface area contributed by atoms with Crippen molar-refractivity contribution in [3.8, 4) is 11.5 Å². The van der Waals surface area contributed by atoms with E-state index >= 15 is 0 Å². The lowest BCUT2D eigenvalue weighted by molar-refractivity contribution is -0.716. The Balaban J connectivity index is 0.000000143. The molecular weight excluding hydrogens is 881 g/mol. The molecule has 8 saturated heterocycles. The van der Waals surface area contributed by atoms with Crippen LogP contribution in [0.3, 0.4) is 0 Å². The van der Waals surface area contributed by atoms with Crippen LogP contribution in [0.2, 0.25) is 0 Å². The molecule has 0 radical (unpaired) electrons. The van der Waals surface area contributed by atoms with Crippen LogP contribution in [0.15, 0.2) is 54.1 Å². The Morgan fingerprint density at radius 2 is 1.25 bits per heavy atom. The maximum atomic E-state index is 13.9. The van der Waals surface area contributed by atoms with Gasteiger partial charge in [0.25, 0.3) is 23.2 Å². The summed E-state index contributed by atoms with van der Waals surface area (Å²) in [5.74, 6) is -0.178. The zero-order chi connectivity index (χ0) is 49.0. The Labute approximate surface area is 399 Å². The smallest absolute Gasteiger partial charge is 0.288 e. The van der Waals surface area contributed by atoms with Crippen LogP contribution in [-0.4, -0.2) is 106 Å². The Kier molecular flexibility index (Phi) is 8.35. The molecule has 16 heteroatoms. The van der Waals surface area contributed by atoms with Crippen LogP contribution in [0.4, 0.5) is 11.4 Å². The first-order valence-corrected chi connectivity index (χ1v) is 24.2. The van der Waals surface area contributed by atoms with Crippen LogP contribution in [0.25, 0.3) is 17.7 Å². The number of nitro groups is 1. The van der Waals surface area contributed by atoms with Gasteiger partial charge in [-0.25, -0.2) is 0 Å². The number of piperidine rings is 4. The third-order valence-corrected chi connectivity index (χ3v) is 17.9. The van der Waals surface area contributed by atoms with Gasteiger partial charge in [0.05, 0.1) is 27.0 Å². The fourth-order valence-corrected chi connectivity index (χ4v) is 14.6. The highest BCUT2D eigenvalue weighted by atomic mass is 16.6. The standard InChI is InChI=1S/C27H29N3O4.C26H27N3O6/c1-24(2)10-8-17-18(34-24)7-6-15-12-16-13-27-19(25(3,4)21(16)30(33)20(15)17)14-26(22(31)28-27)9-5-11-29(26)23(27)32;1-23(2)10-8-15-17(35-23)7-6-14(19(15)29(33)34)16-12-26-18(24(3,4)20(16)30)13-25(21(31)27-26)9-5-11-28(25)22(26)32/h6-8,10,13,19H,5,9,11-12,14H2,1-4H3,(H-,28,31,33);6-8,10,12,18H,5,9,11,13H2,1-4H3,(H,27,31)/p+1/t19?,26?,27-;18?,25?,26-/m11/s1. The van der Waals surface area contributed by atoms with Crippen molar-refractivity contribution in [2.75, 3.05) is 13.1 Å². The number of ether oxygens (including phenoxy) is 2. The minimum absolute atomic E-state index is 0.0137. The topological polar surface area (TPSA) is 201 Å². The van der Waals surface area contributed by atoms with E-state index in [9.17, 15) is 39.3 Å². The van der Waals surface area contributed by atoms with Gasteiger partial charge in [-0.05, 0) is 141 Å². The highest BCUT2D eigenvalue weighted by Gasteiger charge is 2.75. The van der Waals surface area contributed by atoms with E-state index in [0.29, 0.717) is 50.9 Å². The number of carbonyl (C=O) groups is 5. The lowest BCUT2D eigenvalue weighted by Gasteiger charge is -2.62. The average Bonchev–Trinajstić information content (AvgIpc) is 3.92. The molecule has 4 spiro atoms. The van der Waals surface area contributed by atoms with Crippen LogP contribution >= 0.6 is 0 Å². The number of allylic oxidation sites excluding steroid dienone is 2. The third-order valence-electron chi connectivity index (χ3n) is 17.9. The normalized spacial score (nSPS) is 34.4. The van der Waals surface area contributed by atoms with Gasteiger partial charge in [0.15, 0.2) is 5.78 Å². The first-order valence-electron chi connectivity index (χ1n) is 24.2. The van der Waals surface area contributed by atoms with E-state index in [1.54, 1.807) is 37.0 Å². The molecule has 15 rings (SSSR count). The average molecular weight is 938 g/mol. The molecule has 4 bridgehead atoms. The summed E-state index contributed by atoms with van der Waals surface area (Å²) in [7, 11) is 0. The van der Waals surface area contributed by atoms with Crippen LogP contribution in [0, 0.1) is 32.8 Å². The number of fused-ring (bicyclic) bond motifs is 7. The number of nitrogens with zero attached hydrogens (tertiary/aromatic N) is 4. The second-order valence-corrected chi connectivity index (χ2v) is 23.4. The number of nitrogens with one attached hydrogen (secondary N) is 2. The summed E-state index contributed by atoms with van der Waals surface area (Å²) in [6, 6.07) is 7.09. The number of amides is 4. The van der Waals surface area contributed by atoms with Crippen molar-refractivity contribution in [3.05, 3.63) is 86.5 Å². The number of hydrogen-bond acceptors (Lipinski definition) is 10. The molecule has 13 aliphatic rings. The molecule has 69 heavy (non-hydrogen) atoms. The summed E-state index contributed by atoms with van der Waals surface area (Å²) in [5, 5.41) is 30.2. The largest absolute Gasteiger partial charge is 0.483 e. The SMILES string of the molecule is CC1(C)C=Cc2c(ccc(C3=C[C@]45NC(=O)C6(CCCN6C4=O)CC5C(C)(C)C3=O)c2[N+](=O)[O-])O1.CC1(C)C=Cc2c(ccc3c2[N+](O)=C2C(=C[C@]45NC(=O)C6(CCCN6C4=O)CC5C2(C)C)C3)O1. The molecule has 0 saturated carbocycles. The highest BCUT2D eigenvalue weighted by molar-refractivity contribution is 6.27. The van der Waals surface area contributed by atoms with Gasteiger partial charge in [-0.15, -0.1) is 0 Å². The van der Waals surface area contributed by atoms with Crippen molar-refractivity contribution < 1.29 is 48.3 Å². The lowest BCUT2D eigenvalue weighted by Crippen LogP contribution is -2.83. The van der Waals surface area contributed by atoms with Crippen LogP contribution in [-0.2, 0) is 30.4 Å². The molecule has 11 heterocycles. The monoisotopic (exact) mass is 937 g/mol. The molecule has 3 N–H and O–H groups in total. The van der Waals surface area contributed by atoms with Gasteiger partial charge in [0.2, 0.25) is 17.5 Å². The molecule has 2 aliphatic carbocycles. The Morgan fingerprint density at radius 3 is 1.83 bits per heavy atom. The number of carbonyl (C=O) groups excluding carboxylic acids is 5. The van der Waals surface area contributed by atoms with Gasteiger partial charge >= 0.3 is 0 Å². The van der Waals surface area contributed by atoms with Gasteiger partial charge in [-0.3, -0.25) is 39.3 Å². The van der Waals surface area contributed by atoms with Crippen molar-refractivity contribution in [2.45, 2.75) is 134 Å². The predicted molar refractivity (Wildman–Crippen MR) is 251 cm³/mol. The minimum atomic E-state index is -1.41. The number of rotatable bonds is 2. The summed E-state index contributed by atoms with van der Waals surface area (Å²) >= 11 is 0. The first kappa shape index (κ1) is 43.7. The second kappa shape index (κ2) is 13.2. The Hall–Kier alpha value is -6.58. The number of Topliss-reactive ketones (excluding diaryl/α,β-unsaturated/α-hetero) is 1. The Morgan fingerprint density at radius 1 is 0.725 bits per heavy atom. The number of piperazine rings is 2. The summed E-state index contributed by atoms with van der Waals surface area (Å²) in [5.41, 5.74) is -2.16. The summed E-state index contributed by atoms with van der Waals surface area (Å²) < 4.78 is 13.4. The van der Waals surface area contributed by atoms with Crippen LogP contribution in [0.1, 0.15) is 116 Å². The van der Waals surface area contributed by atoms with Gasteiger partial charge in [-0.1, -0.05) is 13.8 Å². The molecule has 16 nitrogen and oxygen atoms in total. The molecule has 2 aromatic rings.